The molecule has 1 aromatic heterocycles. The first-order valence-corrected chi connectivity index (χ1v) is 8.27. The minimum absolute atomic E-state index is 0.0540. The fourth-order valence-corrected chi connectivity index (χ4v) is 4.01. The van der Waals surface area contributed by atoms with Crippen molar-refractivity contribution in [1.82, 2.24) is 20.2 Å². The Bertz CT molecular complexity index is 500. The fourth-order valence-electron chi connectivity index (χ4n) is 4.01. The van der Waals surface area contributed by atoms with Crippen molar-refractivity contribution in [1.29, 1.82) is 0 Å². The highest BCUT2D eigenvalue weighted by atomic mass is 16.2. The van der Waals surface area contributed by atoms with Gasteiger partial charge in [-0.25, -0.2) is 4.98 Å². The Morgan fingerprint density at radius 3 is 3.00 bits per heavy atom. The first kappa shape index (κ1) is 15.1. The summed E-state index contributed by atoms with van der Waals surface area (Å²) in [5.41, 5.74) is 0.866. The SMILES string of the molecule is O=CNC(Cc1cnc[nH]1)C(=O)N1CCCC2CCCC[C@@H]21. The van der Waals surface area contributed by atoms with Crippen LogP contribution in [0.2, 0.25) is 0 Å². The van der Waals surface area contributed by atoms with E-state index in [1.807, 2.05) is 4.90 Å². The van der Waals surface area contributed by atoms with Gasteiger partial charge in [0.15, 0.2) is 0 Å². The minimum Gasteiger partial charge on any atom is -0.348 e. The number of carbonyl (C=O) groups is 2. The number of hydrogen-bond acceptors (Lipinski definition) is 3. The van der Waals surface area contributed by atoms with Crippen LogP contribution in [-0.4, -0.2) is 45.8 Å². The largest absolute Gasteiger partial charge is 0.348 e. The van der Waals surface area contributed by atoms with Crippen molar-refractivity contribution in [2.75, 3.05) is 6.54 Å². The molecule has 0 bridgehead atoms. The monoisotopic (exact) mass is 304 g/mol. The number of aromatic amines is 1. The smallest absolute Gasteiger partial charge is 0.245 e. The Morgan fingerprint density at radius 1 is 1.41 bits per heavy atom. The maximum absolute atomic E-state index is 12.9. The van der Waals surface area contributed by atoms with Gasteiger partial charge in [-0.3, -0.25) is 9.59 Å². The molecule has 1 saturated carbocycles. The first-order chi connectivity index (χ1) is 10.8. The second-order valence-electron chi connectivity index (χ2n) is 6.40. The summed E-state index contributed by atoms with van der Waals surface area (Å²) in [6.07, 6.45) is 11.5. The summed E-state index contributed by atoms with van der Waals surface area (Å²) >= 11 is 0. The van der Waals surface area contributed by atoms with Crippen LogP contribution in [0.5, 0.6) is 0 Å². The molecule has 22 heavy (non-hydrogen) atoms. The normalized spacial score (nSPS) is 26.1. The molecule has 2 aliphatic rings. The first-order valence-electron chi connectivity index (χ1n) is 8.27. The molecule has 2 unspecified atom stereocenters. The van der Waals surface area contributed by atoms with Gasteiger partial charge in [0, 0.05) is 30.9 Å². The summed E-state index contributed by atoms with van der Waals surface area (Å²) in [6.45, 7) is 0.819. The predicted octanol–water partition coefficient (Wildman–Crippen LogP) is 1.25. The molecule has 2 N–H and O–H groups in total. The third-order valence-corrected chi connectivity index (χ3v) is 5.07. The molecule has 3 rings (SSSR count). The van der Waals surface area contributed by atoms with E-state index in [0.29, 0.717) is 24.8 Å². The molecule has 2 fully saturated rings. The molecule has 2 amide bonds. The number of carbonyl (C=O) groups excluding carboxylic acids is 2. The highest BCUT2D eigenvalue weighted by molar-refractivity contribution is 5.84. The van der Waals surface area contributed by atoms with Gasteiger partial charge in [0.2, 0.25) is 12.3 Å². The number of rotatable bonds is 5. The van der Waals surface area contributed by atoms with E-state index >= 15 is 0 Å². The zero-order valence-electron chi connectivity index (χ0n) is 12.8. The quantitative estimate of drug-likeness (QED) is 0.804. The van der Waals surface area contributed by atoms with Gasteiger partial charge in [0.05, 0.1) is 6.33 Å². The van der Waals surface area contributed by atoms with Gasteiger partial charge < -0.3 is 15.2 Å². The van der Waals surface area contributed by atoms with Crippen molar-refractivity contribution in [3.63, 3.8) is 0 Å². The Balaban J connectivity index is 1.72. The summed E-state index contributed by atoms with van der Waals surface area (Å²) in [5.74, 6) is 0.703. The van der Waals surface area contributed by atoms with Crippen LogP contribution in [0.15, 0.2) is 12.5 Å². The zero-order chi connectivity index (χ0) is 15.4. The molecular formula is C16H24N4O2. The van der Waals surface area contributed by atoms with Crippen molar-refractivity contribution in [2.24, 2.45) is 5.92 Å². The van der Waals surface area contributed by atoms with Crippen LogP contribution >= 0.6 is 0 Å². The van der Waals surface area contributed by atoms with Crippen molar-refractivity contribution in [3.05, 3.63) is 18.2 Å². The van der Waals surface area contributed by atoms with Gasteiger partial charge in [-0.05, 0) is 31.6 Å². The Hall–Kier alpha value is -1.85. The number of piperidine rings is 1. The number of nitrogens with one attached hydrogen (secondary N) is 2. The maximum atomic E-state index is 12.9. The average Bonchev–Trinajstić information content (AvgIpc) is 3.06. The molecule has 0 radical (unpaired) electrons. The van der Waals surface area contributed by atoms with Gasteiger partial charge in [-0.2, -0.15) is 0 Å². The van der Waals surface area contributed by atoms with Crippen LogP contribution < -0.4 is 5.32 Å². The molecule has 0 spiro atoms. The molecule has 2 heterocycles. The van der Waals surface area contributed by atoms with Gasteiger partial charge >= 0.3 is 0 Å². The topological polar surface area (TPSA) is 78.1 Å². The molecule has 6 heteroatoms. The van der Waals surface area contributed by atoms with Crippen molar-refractivity contribution in [3.8, 4) is 0 Å². The fraction of sp³-hybridized carbons (Fsp3) is 0.688. The van der Waals surface area contributed by atoms with Gasteiger partial charge in [-0.15, -0.1) is 0 Å². The second-order valence-corrected chi connectivity index (χ2v) is 6.40. The molecule has 1 saturated heterocycles. The minimum atomic E-state index is -0.501. The van der Waals surface area contributed by atoms with E-state index < -0.39 is 6.04 Å². The van der Waals surface area contributed by atoms with Gasteiger partial charge in [0.25, 0.3) is 0 Å². The number of amides is 2. The molecule has 6 nitrogen and oxygen atoms in total. The number of aromatic nitrogens is 2. The van der Waals surface area contributed by atoms with Crippen molar-refractivity contribution >= 4 is 12.3 Å². The molecule has 3 atom stereocenters. The lowest BCUT2D eigenvalue weighted by Gasteiger charge is -2.45. The van der Waals surface area contributed by atoms with Crippen LogP contribution in [0.3, 0.4) is 0 Å². The highest BCUT2D eigenvalue weighted by Crippen LogP contribution is 2.35. The van der Waals surface area contributed by atoms with Crippen molar-refractivity contribution < 1.29 is 9.59 Å². The molecule has 120 valence electrons. The Labute approximate surface area is 130 Å². The highest BCUT2D eigenvalue weighted by Gasteiger charge is 2.37. The number of likely N-dealkylation sites (tertiary alicyclic amines) is 1. The summed E-state index contributed by atoms with van der Waals surface area (Å²) in [5, 5.41) is 2.69. The lowest BCUT2D eigenvalue weighted by atomic mass is 9.78. The van der Waals surface area contributed by atoms with E-state index in [4.69, 9.17) is 0 Å². The molecule has 1 aliphatic carbocycles. The van der Waals surface area contributed by atoms with E-state index in [9.17, 15) is 9.59 Å². The summed E-state index contributed by atoms with van der Waals surface area (Å²) in [7, 11) is 0. The number of fused-ring (bicyclic) bond motifs is 1. The van der Waals surface area contributed by atoms with Crippen molar-refractivity contribution in [2.45, 2.75) is 57.0 Å². The zero-order valence-corrected chi connectivity index (χ0v) is 12.8. The molecule has 0 aromatic carbocycles. The number of nitrogens with zero attached hydrogens (tertiary/aromatic N) is 2. The summed E-state index contributed by atoms with van der Waals surface area (Å²) in [4.78, 5) is 32.9. The van der Waals surface area contributed by atoms with E-state index in [-0.39, 0.29) is 5.91 Å². The number of hydrogen-bond donors (Lipinski definition) is 2. The predicted molar refractivity (Wildman–Crippen MR) is 82.0 cm³/mol. The van der Waals surface area contributed by atoms with Crippen LogP contribution in [0, 0.1) is 5.92 Å². The van der Waals surface area contributed by atoms with Crippen LogP contribution in [0.25, 0.3) is 0 Å². The summed E-state index contributed by atoms with van der Waals surface area (Å²) < 4.78 is 0. The third kappa shape index (κ3) is 3.15. The number of imidazole rings is 1. The van der Waals surface area contributed by atoms with Gasteiger partial charge in [0.1, 0.15) is 6.04 Å². The lowest BCUT2D eigenvalue weighted by molar-refractivity contribution is -0.140. The Kier molecular flexibility index (Phi) is 4.75. The van der Waals surface area contributed by atoms with Gasteiger partial charge in [-0.1, -0.05) is 12.8 Å². The second kappa shape index (κ2) is 6.94. The van der Waals surface area contributed by atoms with E-state index in [2.05, 4.69) is 15.3 Å². The van der Waals surface area contributed by atoms with Crippen LogP contribution in [0.4, 0.5) is 0 Å². The van der Waals surface area contributed by atoms with Crippen LogP contribution in [0.1, 0.15) is 44.2 Å². The standard InChI is InChI=1S/C16H24N4O2/c21-11-19-14(8-13-9-17-10-18-13)16(22)20-7-3-5-12-4-1-2-6-15(12)20/h9-12,14-15H,1-8H2,(H,17,18)(H,19,21)/t12?,14?,15-/m0/s1. The maximum Gasteiger partial charge on any atom is 0.245 e. The third-order valence-electron chi connectivity index (χ3n) is 5.07. The lowest BCUT2D eigenvalue weighted by Crippen LogP contribution is -2.56. The van der Waals surface area contributed by atoms with E-state index in [0.717, 1.165) is 25.1 Å². The number of H-pyrrole nitrogens is 1. The summed E-state index contributed by atoms with van der Waals surface area (Å²) in [6, 6.07) is -0.133. The average molecular weight is 304 g/mol. The Morgan fingerprint density at radius 2 is 2.23 bits per heavy atom. The molecular weight excluding hydrogens is 280 g/mol. The van der Waals surface area contributed by atoms with E-state index in [1.54, 1.807) is 12.5 Å². The van der Waals surface area contributed by atoms with E-state index in [1.165, 1.54) is 25.7 Å². The van der Waals surface area contributed by atoms with Crippen LogP contribution in [-0.2, 0) is 16.0 Å². The molecule has 1 aliphatic heterocycles. The molecule has 1 aromatic rings.